The van der Waals surface area contributed by atoms with Gasteiger partial charge in [-0.2, -0.15) is 4.72 Å². The lowest BCUT2D eigenvalue weighted by atomic mass is 10.1. The molecule has 2 rings (SSSR count). The summed E-state index contributed by atoms with van der Waals surface area (Å²) in [5.74, 6) is -0.588. The first kappa shape index (κ1) is 22.0. The van der Waals surface area contributed by atoms with E-state index >= 15 is 0 Å². The molecule has 2 N–H and O–H groups in total. The maximum Gasteiger partial charge on any atom is 0.324 e. The molecule has 0 aliphatic heterocycles. The van der Waals surface area contributed by atoms with Gasteiger partial charge in [0.2, 0.25) is 10.0 Å². The first-order valence-corrected chi connectivity index (χ1v) is 10.5. The van der Waals surface area contributed by atoms with Crippen LogP contribution in [0.25, 0.3) is 0 Å². The van der Waals surface area contributed by atoms with E-state index in [0.29, 0.717) is 17.8 Å². The molecule has 0 fully saturated rings. The van der Waals surface area contributed by atoms with Crippen molar-refractivity contribution in [2.45, 2.75) is 51.3 Å². The third-order valence-corrected chi connectivity index (χ3v) is 5.50. The number of aryl methyl sites for hydroxylation is 1. The molecule has 1 aromatic heterocycles. The van der Waals surface area contributed by atoms with Crippen molar-refractivity contribution in [1.29, 1.82) is 0 Å². The van der Waals surface area contributed by atoms with Gasteiger partial charge in [-0.1, -0.05) is 37.6 Å². The Morgan fingerprint density at radius 1 is 1.14 bits per heavy atom. The van der Waals surface area contributed by atoms with Crippen molar-refractivity contribution in [2.75, 3.05) is 0 Å². The summed E-state index contributed by atoms with van der Waals surface area (Å²) < 4.78 is 33.0. The Morgan fingerprint density at radius 3 is 2.39 bits per heavy atom. The van der Waals surface area contributed by atoms with Crippen LogP contribution in [0.15, 0.2) is 47.4 Å². The van der Waals surface area contributed by atoms with E-state index in [1.807, 2.05) is 20.8 Å². The summed E-state index contributed by atoms with van der Waals surface area (Å²) >= 11 is 0. The van der Waals surface area contributed by atoms with E-state index in [4.69, 9.17) is 9.84 Å². The molecule has 1 atom stereocenters. The molecule has 0 saturated carbocycles. The Morgan fingerprint density at radius 2 is 1.79 bits per heavy atom. The van der Waals surface area contributed by atoms with Gasteiger partial charge in [0.05, 0.1) is 22.9 Å². The van der Waals surface area contributed by atoms with Crippen LogP contribution < -0.4 is 4.72 Å². The van der Waals surface area contributed by atoms with Crippen molar-refractivity contribution in [3.63, 3.8) is 0 Å². The van der Waals surface area contributed by atoms with E-state index in [9.17, 15) is 13.2 Å². The van der Waals surface area contributed by atoms with Crippen LogP contribution >= 0.6 is 0 Å². The van der Waals surface area contributed by atoms with Crippen molar-refractivity contribution in [2.24, 2.45) is 5.92 Å². The van der Waals surface area contributed by atoms with E-state index in [1.165, 1.54) is 12.1 Å². The highest BCUT2D eigenvalue weighted by atomic mass is 32.2. The Balaban J connectivity index is 2.10. The molecule has 0 aliphatic rings. The predicted molar refractivity (Wildman–Crippen MR) is 105 cm³/mol. The first-order valence-electron chi connectivity index (χ1n) is 9.02. The molecular formula is C20H26N2O5S. The smallest absolute Gasteiger partial charge is 0.324 e. The van der Waals surface area contributed by atoms with Crippen molar-refractivity contribution in [3.05, 3.63) is 59.4 Å². The number of nitrogens with one attached hydrogen (secondary N) is 1. The van der Waals surface area contributed by atoms with Gasteiger partial charge in [-0.15, -0.1) is 0 Å². The molecule has 1 heterocycles. The number of benzene rings is 1. The molecule has 0 amide bonds. The zero-order chi connectivity index (χ0) is 20.7. The van der Waals surface area contributed by atoms with Crippen LogP contribution in [0.5, 0.6) is 0 Å². The molecule has 2 aromatic rings. The second-order valence-corrected chi connectivity index (χ2v) is 8.72. The van der Waals surface area contributed by atoms with Crippen molar-refractivity contribution in [1.82, 2.24) is 9.71 Å². The Kier molecular flexibility index (Phi) is 7.68. The van der Waals surface area contributed by atoms with Gasteiger partial charge < -0.3 is 9.84 Å². The van der Waals surface area contributed by atoms with Crippen LogP contribution in [0.2, 0.25) is 0 Å². The predicted octanol–water partition coefficient (Wildman–Crippen LogP) is 2.32. The average molecular weight is 407 g/mol. The first-order chi connectivity index (χ1) is 13.2. The minimum atomic E-state index is -3.86. The van der Waals surface area contributed by atoms with Gasteiger partial charge in [0.15, 0.2) is 0 Å². The molecule has 7 nitrogen and oxygen atoms in total. The number of aliphatic hydroxyl groups excluding tert-OH is 1. The van der Waals surface area contributed by atoms with Crippen molar-refractivity contribution >= 4 is 16.0 Å². The minimum Gasteiger partial charge on any atom is -0.458 e. The van der Waals surface area contributed by atoms with E-state index in [-0.39, 0.29) is 24.0 Å². The summed E-state index contributed by atoms with van der Waals surface area (Å²) in [5.41, 5.74) is 1.88. The maximum atomic E-state index is 12.6. The summed E-state index contributed by atoms with van der Waals surface area (Å²) in [7, 11) is -3.86. The molecule has 28 heavy (non-hydrogen) atoms. The molecule has 0 saturated heterocycles. The van der Waals surface area contributed by atoms with Crippen molar-refractivity contribution in [3.8, 4) is 0 Å². The molecule has 0 spiro atoms. The zero-order valence-corrected chi connectivity index (χ0v) is 17.1. The van der Waals surface area contributed by atoms with Crippen LogP contribution in [-0.4, -0.2) is 30.5 Å². The van der Waals surface area contributed by atoms with Crippen LogP contribution in [-0.2, 0) is 32.8 Å². The lowest BCUT2D eigenvalue weighted by Gasteiger charge is -2.19. The molecule has 0 aliphatic carbocycles. The monoisotopic (exact) mass is 406 g/mol. The normalized spacial score (nSPS) is 12.8. The summed E-state index contributed by atoms with van der Waals surface area (Å²) in [6, 6.07) is 10.4. The number of sulfonamides is 1. The van der Waals surface area contributed by atoms with E-state index < -0.39 is 22.0 Å². The summed E-state index contributed by atoms with van der Waals surface area (Å²) in [6.45, 7) is 5.34. The summed E-state index contributed by atoms with van der Waals surface area (Å²) in [6.07, 6.45) is 0.300. The SMILES string of the molecule is Cc1ccc(S(=O)(=O)N[C@@H](CC(C)C)C(=O)OCc2cccc(CO)n2)cc1. The lowest BCUT2D eigenvalue weighted by molar-refractivity contribution is -0.147. The van der Waals surface area contributed by atoms with Crippen LogP contribution in [0.3, 0.4) is 0 Å². The lowest BCUT2D eigenvalue weighted by Crippen LogP contribution is -2.42. The third-order valence-electron chi connectivity index (χ3n) is 4.01. The van der Waals surface area contributed by atoms with Gasteiger partial charge in [0, 0.05) is 0 Å². The second-order valence-electron chi connectivity index (χ2n) is 7.00. The van der Waals surface area contributed by atoms with Crippen LogP contribution in [0.4, 0.5) is 0 Å². The number of carbonyl (C=O) groups excluding carboxylic acids is 1. The largest absolute Gasteiger partial charge is 0.458 e. The zero-order valence-electron chi connectivity index (χ0n) is 16.3. The minimum absolute atomic E-state index is 0.0779. The number of aliphatic hydroxyl groups is 1. The Bertz CT molecular complexity index is 895. The van der Waals surface area contributed by atoms with Gasteiger partial charge >= 0.3 is 5.97 Å². The van der Waals surface area contributed by atoms with Gasteiger partial charge in [0.1, 0.15) is 12.6 Å². The fraction of sp³-hybridized carbons (Fsp3) is 0.400. The highest BCUT2D eigenvalue weighted by Gasteiger charge is 2.27. The molecule has 1 aromatic carbocycles. The van der Waals surface area contributed by atoms with Crippen LogP contribution in [0, 0.1) is 12.8 Å². The number of hydrogen-bond acceptors (Lipinski definition) is 6. The van der Waals surface area contributed by atoms with Crippen LogP contribution in [0.1, 0.15) is 37.2 Å². The fourth-order valence-corrected chi connectivity index (χ4v) is 3.78. The number of aromatic nitrogens is 1. The quantitative estimate of drug-likeness (QED) is 0.619. The maximum absolute atomic E-state index is 12.6. The number of rotatable bonds is 9. The third kappa shape index (κ3) is 6.40. The number of hydrogen-bond donors (Lipinski definition) is 2. The summed E-state index contributed by atoms with van der Waals surface area (Å²) in [4.78, 5) is 16.8. The number of pyridine rings is 1. The highest BCUT2D eigenvalue weighted by Crippen LogP contribution is 2.14. The number of nitrogens with zero attached hydrogens (tertiary/aromatic N) is 1. The van der Waals surface area contributed by atoms with E-state index in [0.717, 1.165) is 5.56 Å². The average Bonchev–Trinajstić information content (AvgIpc) is 2.65. The van der Waals surface area contributed by atoms with Gasteiger partial charge in [-0.05, 0) is 43.5 Å². The molecule has 0 bridgehead atoms. The Labute approximate surface area is 165 Å². The second kappa shape index (κ2) is 9.77. The number of carbonyl (C=O) groups is 1. The van der Waals surface area contributed by atoms with Gasteiger partial charge in [-0.3, -0.25) is 9.78 Å². The topological polar surface area (TPSA) is 106 Å². The molecule has 0 unspecified atom stereocenters. The number of esters is 1. The highest BCUT2D eigenvalue weighted by molar-refractivity contribution is 7.89. The summed E-state index contributed by atoms with van der Waals surface area (Å²) in [5, 5.41) is 9.13. The van der Waals surface area contributed by atoms with Gasteiger partial charge in [-0.25, -0.2) is 8.42 Å². The molecular weight excluding hydrogens is 380 g/mol. The van der Waals surface area contributed by atoms with E-state index in [1.54, 1.807) is 30.3 Å². The van der Waals surface area contributed by atoms with Crippen molar-refractivity contribution < 1.29 is 23.1 Å². The fourth-order valence-electron chi connectivity index (χ4n) is 2.58. The van der Waals surface area contributed by atoms with E-state index in [2.05, 4.69) is 9.71 Å². The molecule has 152 valence electrons. The standard InChI is InChI=1S/C20H26N2O5S/c1-14(2)11-19(22-28(25,26)18-9-7-15(3)8-10-18)20(24)27-13-17-6-4-5-16(12-23)21-17/h4-10,14,19,22-23H,11-13H2,1-3H3/t19-/m0/s1. The number of ether oxygens (including phenoxy) is 1. The molecule has 0 radical (unpaired) electrons. The van der Waals surface area contributed by atoms with Gasteiger partial charge in [0.25, 0.3) is 0 Å². The Hall–Kier alpha value is -2.29. The molecule has 8 heteroatoms.